The van der Waals surface area contributed by atoms with E-state index in [4.69, 9.17) is 23.2 Å². The van der Waals surface area contributed by atoms with E-state index in [9.17, 15) is 14.6 Å². The summed E-state index contributed by atoms with van der Waals surface area (Å²) >= 11 is 11.8. The SMILES string of the molecule is CC1(F)CC(Cl)=CC=C1c1cc2cc(-c3ccc(Cl)cc3F)c(O)cc2cc1O. The zero-order valence-corrected chi connectivity index (χ0v) is 16.8. The van der Waals surface area contributed by atoms with Gasteiger partial charge in [-0.15, -0.1) is 0 Å². The monoisotopic (exact) mass is 432 g/mol. The third-order valence-electron chi connectivity index (χ3n) is 5.07. The molecular weight excluding hydrogens is 417 g/mol. The summed E-state index contributed by atoms with van der Waals surface area (Å²) in [4.78, 5) is 0. The van der Waals surface area contributed by atoms with Gasteiger partial charge in [0.05, 0.1) is 0 Å². The fourth-order valence-corrected chi connectivity index (χ4v) is 4.13. The number of alkyl halides is 1. The lowest BCUT2D eigenvalue weighted by molar-refractivity contribution is 0.270. The summed E-state index contributed by atoms with van der Waals surface area (Å²) in [6.07, 6.45) is 3.16. The number of halogens is 4. The van der Waals surface area contributed by atoms with Crippen molar-refractivity contribution in [3.8, 4) is 22.6 Å². The molecule has 0 spiro atoms. The molecule has 3 aromatic rings. The van der Waals surface area contributed by atoms with Gasteiger partial charge in [0.2, 0.25) is 0 Å². The number of phenolic OH excluding ortho intramolecular Hbond substituents is 2. The minimum atomic E-state index is -1.75. The van der Waals surface area contributed by atoms with Crippen molar-refractivity contribution in [1.82, 2.24) is 0 Å². The molecule has 1 aliphatic rings. The first-order valence-corrected chi connectivity index (χ1v) is 9.62. The number of hydrogen-bond acceptors (Lipinski definition) is 2. The summed E-state index contributed by atoms with van der Waals surface area (Å²) in [5.74, 6) is -0.839. The fourth-order valence-electron chi connectivity index (χ4n) is 3.65. The molecule has 1 aliphatic carbocycles. The second kappa shape index (κ2) is 7.05. The van der Waals surface area contributed by atoms with Gasteiger partial charge in [0.15, 0.2) is 0 Å². The standard InChI is InChI=1S/C23H16Cl2F2O2/c1-23(27)11-15(25)3-5-19(23)18-7-12-6-17(16-4-2-14(24)10-20(16)26)21(28)8-13(12)9-22(18)29/h2-10,28-29H,11H2,1H3. The lowest BCUT2D eigenvalue weighted by Crippen LogP contribution is -2.22. The smallest absolute Gasteiger partial charge is 0.138 e. The van der Waals surface area contributed by atoms with Crippen LogP contribution in [0.15, 0.2) is 59.6 Å². The van der Waals surface area contributed by atoms with E-state index in [0.717, 1.165) is 0 Å². The van der Waals surface area contributed by atoms with Crippen LogP contribution in [0.5, 0.6) is 11.5 Å². The van der Waals surface area contributed by atoms with Gasteiger partial charge in [-0.1, -0.05) is 29.3 Å². The highest BCUT2D eigenvalue weighted by Crippen LogP contribution is 2.45. The third kappa shape index (κ3) is 3.59. The number of fused-ring (bicyclic) bond motifs is 1. The van der Waals surface area contributed by atoms with Crippen molar-refractivity contribution in [2.24, 2.45) is 0 Å². The summed E-state index contributed by atoms with van der Waals surface area (Å²) in [7, 11) is 0. The van der Waals surface area contributed by atoms with E-state index in [1.54, 1.807) is 24.3 Å². The van der Waals surface area contributed by atoms with Crippen molar-refractivity contribution in [2.75, 3.05) is 0 Å². The average molecular weight is 433 g/mol. The van der Waals surface area contributed by atoms with Crippen LogP contribution in [0.4, 0.5) is 8.78 Å². The zero-order valence-electron chi connectivity index (χ0n) is 15.3. The Morgan fingerprint density at radius 3 is 2.14 bits per heavy atom. The van der Waals surface area contributed by atoms with Crippen LogP contribution in [-0.4, -0.2) is 15.9 Å². The minimum absolute atomic E-state index is 0.00861. The van der Waals surface area contributed by atoms with Crippen molar-refractivity contribution < 1.29 is 19.0 Å². The Bertz CT molecular complexity index is 1210. The number of hydrogen-bond donors (Lipinski definition) is 2. The number of aromatic hydroxyl groups is 2. The highest BCUT2D eigenvalue weighted by molar-refractivity contribution is 6.30. The van der Waals surface area contributed by atoms with Gasteiger partial charge in [-0.2, -0.15) is 0 Å². The molecule has 3 aromatic carbocycles. The zero-order chi connectivity index (χ0) is 20.9. The molecule has 0 radical (unpaired) electrons. The van der Waals surface area contributed by atoms with Gasteiger partial charge in [0, 0.05) is 38.7 Å². The molecule has 0 heterocycles. The van der Waals surface area contributed by atoms with Gasteiger partial charge in [-0.05, 0) is 66.2 Å². The van der Waals surface area contributed by atoms with Crippen LogP contribution in [0.25, 0.3) is 27.5 Å². The van der Waals surface area contributed by atoms with Crippen molar-refractivity contribution in [1.29, 1.82) is 0 Å². The quantitative estimate of drug-likeness (QED) is 0.444. The summed E-state index contributed by atoms with van der Waals surface area (Å²) in [6.45, 7) is 1.41. The summed E-state index contributed by atoms with van der Waals surface area (Å²) in [5.41, 5.74) is -0.680. The Morgan fingerprint density at radius 1 is 0.862 bits per heavy atom. The van der Waals surface area contributed by atoms with E-state index in [0.29, 0.717) is 26.9 Å². The van der Waals surface area contributed by atoms with Crippen molar-refractivity contribution >= 4 is 39.5 Å². The van der Waals surface area contributed by atoms with E-state index in [-0.39, 0.29) is 34.1 Å². The molecule has 2 nitrogen and oxygen atoms in total. The molecule has 6 heteroatoms. The number of benzene rings is 3. The molecular formula is C23H16Cl2F2O2. The van der Waals surface area contributed by atoms with Crippen LogP contribution in [0, 0.1) is 5.82 Å². The molecule has 0 fully saturated rings. The molecule has 148 valence electrons. The van der Waals surface area contributed by atoms with Gasteiger partial charge in [0.25, 0.3) is 0 Å². The maximum atomic E-state index is 15.1. The van der Waals surface area contributed by atoms with Gasteiger partial charge in [-0.25, -0.2) is 8.78 Å². The van der Waals surface area contributed by atoms with Crippen LogP contribution >= 0.6 is 23.2 Å². The number of phenols is 2. The van der Waals surface area contributed by atoms with Crippen LogP contribution in [0.2, 0.25) is 5.02 Å². The topological polar surface area (TPSA) is 40.5 Å². The van der Waals surface area contributed by atoms with Crippen LogP contribution in [0.3, 0.4) is 0 Å². The summed E-state index contributed by atoms with van der Waals surface area (Å²) in [5, 5.41) is 22.7. The van der Waals surface area contributed by atoms with Gasteiger partial charge in [-0.3, -0.25) is 0 Å². The summed E-state index contributed by atoms with van der Waals surface area (Å²) in [6, 6.07) is 10.3. The second-order valence-corrected chi connectivity index (χ2v) is 8.20. The maximum Gasteiger partial charge on any atom is 0.138 e. The first kappa shape index (κ1) is 19.7. The predicted molar refractivity (Wildman–Crippen MR) is 114 cm³/mol. The molecule has 0 saturated heterocycles. The van der Waals surface area contributed by atoms with Crippen LogP contribution in [0.1, 0.15) is 18.9 Å². The highest BCUT2D eigenvalue weighted by Gasteiger charge is 2.34. The molecule has 0 amide bonds. The first-order chi connectivity index (χ1) is 13.7. The van der Waals surface area contributed by atoms with Crippen LogP contribution in [-0.2, 0) is 0 Å². The Balaban J connectivity index is 1.92. The average Bonchev–Trinajstić information content (AvgIpc) is 2.61. The lowest BCUT2D eigenvalue weighted by Gasteiger charge is -2.27. The maximum absolute atomic E-state index is 15.1. The molecule has 1 atom stereocenters. The Kier molecular flexibility index (Phi) is 4.80. The molecule has 1 unspecified atom stereocenters. The Labute approximate surface area is 176 Å². The highest BCUT2D eigenvalue weighted by atomic mass is 35.5. The summed E-state index contributed by atoms with van der Waals surface area (Å²) < 4.78 is 29.5. The van der Waals surface area contributed by atoms with Gasteiger partial charge in [0.1, 0.15) is 23.0 Å². The Morgan fingerprint density at radius 2 is 1.48 bits per heavy atom. The van der Waals surface area contributed by atoms with Crippen LogP contribution < -0.4 is 0 Å². The molecule has 4 rings (SSSR count). The third-order valence-corrected chi connectivity index (χ3v) is 5.57. The predicted octanol–water partition coefficient (Wildman–Crippen LogP) is 7.35. The molecule has 0 bridgehead atoms. The Hall–Kier alpha value is -2.56. The number of rotatable bonds is 2. The van der Waals surface area contributed by atoms with E-state index in [1.165, 1.54) is 37.3 Å². The second-order valence-electron chi connectivity index (χ2n) is 7.28. The first-order valence-electron chi connectivity index (χ1n) is 8.87. The van der Waals surface area contributed by atoms with Gasteiger partial charge >= 0.3 is 0 Å². The van der Waals surface area contributed by atoms with Crippen molar-refractivity contribution in [3.05, 3.63) is 76.1 Å². The largest absolute Gasteiger partial charge is 0.507 e. The van der Waals surface area contributed by atoms with Gasteiger partial charge < -0.3 is 10.2 Å². The van der Waals surface area contributed by atoms with E-state index < -0.39 is 11.5 Å². The molecule has 0 saturated carbocycles. The van der Waals surface area contributed by atoms with E-state index in [2.05, 4.69) is 0 Å². The molecule has 29 heavy (non-hydrogen) atoms. The molecule has 2 N–H and O–H groups in total. The van der Waals surface area contributed by atoms with E-state index >= 15 is 4.39 Å². The molecule has 0 aromatic heterocycles. The van der Waals surface area contributed by atoms with Crippen molar-refractivity contribution in [3.63, 3.8) is 0 Å². The minimum Gasteiger partial charge on any atom is -0.507 e. The van der Waals surface area contributed by atoms with E-state index in [1.807, 2.05) is 0 Å². The van der Waals surface area contributed by atoms with Crippen molar-refractivity contribution in [2.45, 2.75) is 19.0 Å². The molecule has 0 aliphatic heterocycles. The lowest BCUT2D eigenvalue weighted by atomic mass is 9.84. The normalized spacial score (nSPS) is 19.2. The number of allylic oxidation sites excluding steroid dienone is 4. The fraction of sp³-hybridized carbons (Fsp3) is 0.130.